The zero-order valence-corrected chi connectivity index (χ0v) is 10.6. The summed E-state index contributed by atoms with van der Waals surface area (Å²) in [5.74, 6) is -2.68. The average Bonchev–Trinajstić information content (AvgIpc) is 2.41. The molecule has 19 heavy (non-hydrogen) atoms. The molecule has 104 valence electrons. The van der Waals surface area contributed by atoms with E-state index in [1.165, 1.54) is 17.0 Å². The molecule has 1 aromatic rings. The van der Waals surface area contributed by atoms with Crippen LogP contribution < -0.4 is 5.73 Å². The van der Waals surface area contributed by atoms with Crippen LogP contribution in [0.15, 0.2) is 18.2 Å². The second-order valence-corrected chi connectivity index (χ2v) is 4.62. The zero-order valence-electron chi connectivity index (χ0n) is 10.6. The van der Waals surface area contributed by atoms with Crippen LogP contribution >= 0.6 is 0 Å². The minimum atomic E-state index is -1.11. The van der Waals surface area contributed by atoms with Crippen LogP contribution in [0, 0.1) is 11.6 Å². The normalized spacial score (nSPS) is 21.3. The fraction of sp³-hybridized carbons (Fsp3) is 0.462. The molecule has 2 rings (SSSR count). The van der Waals surface area contributed by atoms with Crippen LogP contribution in [0.2, 0.25) is 0 Å². The molecule has 4 nitrogen and oxygen atoms in total. The number of benzene rings is 1. The molecule has 6 heteroatoms. The Morgan fingerprint density at radius 3 is 2.95 bits per heavy atom. The molecule has 0 radical (unpaired) electrons. The smallest absolute Gasteiger partial charge is 0.257 e. The standard InChI is InChI=1S/C13H16F2N2O2/c1-8(16)11-7-17(5-6-19-11)13(18)9-3-2-4-10(14)12(9)15/h2-4,8,11H,5-7,16H2,1H3/t8-,11+/m0/s1. The summed E-state index contributed by atoms with van der Waals surface area (Å²) in [4.78, 5) is 13.6. The predicted octanol–water partition coefficient (Wildman–Crippen LogP) is 1.15. The molecule has 1 aliphatic rings. The first kappa shape index (κ1) is 13.9. The molecule has 1 aromatic carbocycles. The Kier molecular flexibility index (Phi) is 4.11. The van der Waals surface area contributed by atoms with Crippen LogP contribution in [-0.2, 0) is 4.74 Å². The second kappa shape index (κ2) is 5.63. The van der Waals surface area contributed by atoms with Crippen molar-refractivity contribution >= 4 is 5.91 Å². The molecule has 1 aliphatic heterocycles. The van der Waals surface area contributed by atoms with E-state index in [-0.39, 0.29) is 24.3 Å². The number of amides is 1. The van der Waals surface area contributed by atoms with Crippen molar-refractivity contribution in [2.24, 2.45) is 5.73 Å². The molecule has 2 N–H and O–H groups in total. The van der Waals surface area contributed by atoms with Crippen molar-refractivity contribution in [3.63, 3.8) is 0 Å². The number of carbonyl (C=O) groups is 1. The van der Waals surface area contributed by atoms with E-state index >= 15 is 0 Å². The minimum Gasteiger partial charge on any atom is -0.373 e. The molecular formula is C13H16F2N2O2. The summed E-state index contributed by atoms with van der Waals surface area (Å²) in [6.07, 6.45) is -0.283. The summed E-state index contributed by atoms with van der Waals surface area (Å²) >= 11 is 0. The lowest BCUT2D eigenvalue weighted by molar-refractivity contribution is -0.0301. The summed E-state index contributed by atoms with van der Waals surface area (Å²) < 4.78 is 32.1. The van der Waals surface area contributed by atoms with Gasteiger partial charge in [-0.3, -0.25) is 4.79 Å². The van der Waals surface area contributed by atoms with Crippen LogP contribution in [0.3, 0.4) is 0 Å². The van der Waals surface area contributed by atoms with Gasteiger partial charge in [-0.05, 0) is 19.1 Å². The van der Waals surface area contributed by atoms with Crippen molar-refractivity contribution in [1.29, 1.82) is 0 Å². The maximum absolute atomic E-state index is 13.6. The van der Waals surface area contributed by atoms with Crippen LogP contribution in [0.5, 0.6) is 0 Å². The molecule has 1 fully saturated rings. The van der Waals surface area contributed by atoms with Gasteiger partial charge in [0.25, 0.3) is 5.91 Å². The minimum absolute atomic E-state index is 0.229. The van der Waals surface area contributed by atoms with Gasteiger partial charge in [0.2, 0.25) is 0 Å². The largest absolute Gasteiger partial charge is 0.373 e. The molecule has 0 saturated carbocycles. The fourth-order valence-electron chi connectivity index (χ4n) is 2.02. The predicted molar refractivity (Wildman–Crippen MR) is 65.7 cm³/mol. The number of hydrogen-bond acceptors (Lipinski definition) is 3. The van der Waals surface area contributed by atoms with Crippen LogP contribution in [0.4, 0.5) is 8.78 Å². The van der Waals surface area contributed by atoms with Gasteiger partial charge in [-0.25, -0.2) is 8.78 Å². The number of carbonyl (C=O) groups excluding carboxylic acids is 1. The van der Waals surface area contributed by atoms with E-state index in [4.69, 9.17) is 10.5 Å². The van der Waals surface area contributed by atoms with Crippen molar-refractivity contribution in [3.05, 3.63) is 35.4 Å². The highest BCUT2D eigenvalue weighted by Crippen LogP contribution is 2.16. The zero-order chi connectivity index (χ0) is 14.0. The molecule has 1 saturated heterocycles. The SMILES string of the molecule is C[C@H](N)[C@H]1CN(C(=O)c2cccc(F)c2F)CCO1. The number of morpholine rings is 1. The molecule has 0 spiro atoms. The average molecular weight is 270 g/mol. The van der Waals surface area contributed by atoms with Crippen LogP contribution in [-0.4, -0.2) is 42.6 Å². The summed E-state index contributed by atoms with van der Waals surface area (Å²) in [5.41, 5.74) is 5.47. The lowest BCUT2D eigenvalue weighted by atomic mass is 10.1. The summed E-state index contributed by atoms with van der Waals surface area (Å²) in [5, 5.41) is 0. The fourth-order valence-corrected chi connectivity index (χ4v) is 2.02. The first-order chi connectivity index (χ1) is 9.00. The van der Waals surface area contributed by atoms with Crippen molar-refractivity contribution in [2.75, 3.05) is 19.7 Å². The van der Waals surface area contributed by atoms with Gasteiger partial charge in [-0.1, -0.05) is 6.07 Å². The van der Waals surface area contributed by atoms with Gasteiger partial charge in [-0.2, -0.15) is 0 Å². The Balaban J connectivity index is 2.17. The van der Waals surface area contributed by atoms with E-state index in [0.717, 1.165) is 6.07 Å². The van der Waals surface area contributed by atoms with Gasteiger partial charge in [0, 0.05) is 19.1 Å². The number of hydrogen-bond donors (Lipinski definition) is 1. The summed E-state index contributed by atoms with van der Waals surface area (Å²) in [6, 6.07) is 3.34. The summed E-state index contributed by atoms with van der Waals surface area (Å²) in [6.45, 7) is 2.75. The van der Waals surface area contributed by atoms with E-state index < -0.39 is 17.5 Å². The van der Waals surface area contributed by atoms with Gasteiger partial charge in [0.15, 0.2) is 11.6 Å². The van der Waals surface area contributed by atoms with E-state index in [9.17, 15) is 13.6 Å². The summed E-state index contributed by atoms with van der Waals surface area (Å²) in [7, 11) is 0. The number of nitrogens with two attached hydrogens (primary N) is 1. The Labute approximate surface area is 110 Å². The van der Waals surface area contributed by atoms with Crippen molar-refractivity contribution in [2.45, 2.75) is 19.1 Å². The number of rotatable bonds is 2. The van der Waals surface area contributed by atoms with Gasteiger partial charge < -0.3 is 15.4 Å². The number of ether oxygens (including phenoxy) is 1. The van der Waals surface area contributed by atoms with Crippen molar-refractivity contribution < 1.29 is 18.3 Å². The first-order valence-corrected chi connectivity index (χ1v) is 6.11. The van der Waals surface area contributed by atoms with Crippen LogP contribution in [0.1, 0.15) is 17.3 Å². The Morgan fingerprint density at radius 1 is 1.53 bits per heavy atom. The number of nitrogens with zero attached hydrogens (tertiary/aromatic N) is 1. The molecule has 1 amide bonds. The van der Waals surface area contributed by atoms with E-state index in [1.54, 1.807) is 6.92 Å². The monoisotopic (exact) mass is 270 g/mol. The molecular weight excluding hydrogens is 254 g/mol. The lowest BCUT2D eigenvalue weighted by Crippen LogP contribution is -2.51. The second-order valence-electron chi connectivity index (χ2n) is 4.62. The Morgan fingerprint density at radius 2 is 2.26 bits per heavy atom. The van der Waals surface area contributed by atoms with Gasteiger partial charge >= 0.3 is 0 Å². The maximum Gasteiger partial charge on any atom is 0.257 e. The third kappa shape index (κ3) is 2.90. The van der Waals surface area contributed by atoms with Crippen LogP contribution in [0.25, 0.3) is 0 Å². The van der Waals surface area contributed by atoms with E-state index in [1.807, 2.05) is 0 Å². The molecule has 0 aliphatic carbocycles. The highest BCUT2D eigenvalue weighted by atomic mass is 19.2. The van der Waals surface area contributed by atoms with E-state index in [2.05, 4.69) is 0 Å². The third-order valence-corrected chi connectivity index (χ3v) is 3.15. The van der Waals surface area contributed by atoms with Gasteiger partial charge in [0.05, 0.1) is 18.3 Å². The van der Waals surface area contributed by atoms with E-state index in [0.29, 0.717) is 13.2 Å². The van der Waals surface area contributed by atoms with Gasteiger partial charge in [-0.15, -0.1) is 0 Å². The quantitative estimate of drug-likeness (QED) is 0.877. The van der Waals surface area contributed by atoms with Crippen molar-refractivity contribution in [3.8, 4) is 0 Å². The topological polar surface area (TPSA) is 55.6 Å². The highest BCUT2D eigenvalue weighted by Gasteiger charge is 2.28. The van der Waals surface area contributed by atoms with Gasteiger partial charge in [0.1, 0.15) is 0 Å². The Hall–Kier alpha value is -1.53. The third-order valence-electron chi connectivity index (χ3n) is 3.15. The highest BCUT2D eigenvalue weighted by molar-refractivity contribution is 5.94. The lowest BCUT2D eigenvalue weighted by Gasteiger charge is -2.34. The Bertz CT molecular complexity index is 480. The molecule has 0 unspecified atom stereocenters. The first-order valence-electron chi connectivity index (χ1n) is 6.11. The molecule has 1 heterocycles. The molecule has 0 aromatic heterocycles. The molecule has 0 bridgehead atoms. The molecule has 2 atom stereocenters. The van der Waals surface area contributed by atoms with Crippen molar-refractivity contribution in [1.82, 2.24) is 4.90 Å². The number of halogens is 2. The maximum atomic E-state index is 13.6.